The Bertz CT molecular complexity index is 1030. The molecule has 0 spiro atoms. The molecule has 1 atom stereocenters. The van der Waals surface area contributed by atoms with Crippen LogP contribution in [0.15, 0.2) is 24.3 Å². The number of aryl methyl sites for hydroxylation is 1. The number of piperidine rings is 1. The summed E-state index contributed by atoms with van der Waals surface area (Å²) in [5.74, 6) is 0.564. The summed E-state index contributed by atoms with van der Waals surface area (Å²) < 4.78 is 65.3. The summed E-state index contributed by atoms with van der Waals surface area (Å²) in [4.78, 5) is 2.34. The predicted octanol–water partition coefficient (Wildman–Crippen LogP) is 3.74. The van der Waals surface area contributed by atoms with Crippen LogP contribution in [0.1, 0.15) is 30.9 Å². The number of rotatable bonds is 6. The van der Waals surface area contributed by atoms with Gasteiger partial charge in [-0.1, -0.05) is 6.92 Å². The van der Waals surface area contributed by atoms with Gasteiger partial charge in [0.25, 0.3) is 0 Å². The number of hydrogen-bond acceptors (Lipinski definition) is 6. The maximum Gasteiger partial charge on any atom is 0.416 e. The van der Waals surface area contributed by atoms with Crippen molar-refractivity contribution in [3.8, 4) is 11.3 Å². The van der Waals surface area contributed by atoms with Crippen molar-refractivity contribution in [2.24, 2.45) is 0 Å². The van der Waals surface area contributed by atoms with Crippen LogP contribution in [0, 0.1) is 6.92 Å². The van der Waals surface area contributed by atoms with E-state index in [0.29, 0.717) is 5.82 Å². The van der Waals surface area contributed by atoms with E-state index in [9.17, 15) is 21.6 Å². The summed E-state index contributed by atoms with van der Waals surface area (Å²) in [6, 6.07) is 5.31. The van der Waals surface area contributed by atoms with Gasteiger partial charge in [0.05, 0.1) is 23.2 Å². The zero-order valence-corrected chi connectivity index (χ0v) is 18.4. The molecule has 0 bridgehead atoms. The molecule has 0 saturated carbocycles. The van der Waals surface area contributed by atoms with Crippen LogP contribution >= 0.6 is 0 Å². The van der Waals surface area contributed by atoms with Crippen molar-refractivity contribution >= 4 is 21.5 Å². The number of halogens is 3. The van der Waals surface area contributed by atoms with Crippen molar-refractivity contribution in [2.75, 3.05) is 35.9 Å². The molecule has 3 rings (SSSR count). The van der Waals surface area contributed by atoms with Crippen molar-refractivity contribution < 1.29 is 21.6 Å². The number of likely N-dealkylation sites (tertiary alicyclic amines) is 1. The van der Waals surface area contributed by atoms with E-state index in [4.69, 9.17) is 0 Å². The number of likely N-dealkylation sites (N-methyl/N-ethyl adjacent to an activating group) is 1. The number of sulfonamides is 1. The van der Waals surface area contributed by atoms with Gasteiger partial charge in [0.15, 0.2) is 0 Å². The highest BCUT2D eigenvalue weighted by atomic mass is 32.2. The zero-order valence-electron chi connectivity index (χ0n) is 17.6. The Morgan fingerprint density at radius 3 is 2.55 bits per heavy atom. The second-order valence-electron chi connectivity index (χ2n) is 7.77. The van der Waals surface area contributed by atoms with Crippen LogP contribution in [0.25, 0.3) is 11.3 Å². The highest BCUT2D eigenvalue weighted by molar-refractivity contribution is 7.92. The van der Waals surface area contributed by atoms with Crippen molar-refractivity contribution in [3.05, 3.63) is 35.4 Å². The van der Waals surface area contributed by atoms with Gasteiger partial charge in [-0.15, -0.1) is 10.2 Å². The summed E-state index contributed by atoms with van der Waals surface area (Å²) in [5.41, 5.74) is -0.351. The molecule has 0 radical (unpaired) electrons. The van der Waals surface area contributed by atoms with E-state index in [0.717, 1.165) is 50.9 Å². The number of anilines is 2. The standard InChI is InChI=1S/C20H26F3N5O2S/c1-4-28-9-5-6-15(12-28)24-18-8-7-16(25-26-18)19-13(2)10-14(20(21,22)23)11-17(19)27-31(3,29)30/h7-8,10-11,15,27H,4-6,9,12H2,1-3H3,(H,24,26)/t15-/m1/s1. The molecule has 1 aromatic heterocycles. The molecular formula is C20H26F3N5O2S. The Hall–Kier alpha value is -2.40. The fourth-order valence-electron chi connectivity index (χ4n) is 3.78. The van der Waals surface area contributed by atoms with Crippen LogP contribution in [0.2, 0.25) is 0 Å². The van der Waals surface area contributed by atoms with Crippen molar-refractivity contribution in [1.29, 1.82) is 0 Å². The van der Waals surface area contributed by atoms with E-state index in [1.807, 2.05) is 0 Å². The van der Waals surface area contributed by atoms with Crippen LogP contribution in [-0.2, 0) is 16.2 Å². The van der Waals surface area contributed by atoms with E-state index < -0.39 is 21.8 Å². The Kier molecular flexibility index (Phi) is 6.75. The molecule has 1 aromatic carbocycles. The topological polar surface area (TPSA) is 87.2 Å². The Morgan fingerprint density at radius 2 is 1.97 bits per heavy atom. The normalized spacial score (nSPS) is 18.1. The third-order valence-corrected chi connectivity index (χ3v) is 5.77. The number of aromatic nitrogens is 2. The largest absolute Gasteiger partial charge is 0.416 e. The van der Waals surface area contributed by atoms with Crippen LogP contribution in [0.4, 0.5) is 24.7 Å². The molecular weight excluding hydrogens is 431 g/mol. The monoisotopic (exact) mass is 457 g/mol. The third-order valence-electron chi connectivity index (χ3n) is 5.18. The molecule has 31 heavy (non-hydrogen) atoms. The minimum atomic E-state index is -4.61. The molecule has 0 amide bonds. The zero-order chi connectivity index (χ0) is 22.8. The average molecular weight is 458 g/mol. The third kappa shape index (κ3) is 6.07. The second-order valence-corrected chi connectivity index (χ2v) is 9.52. The Morgan fingerprint density at radius 1 is 1.23 bits per heavy atom. The van der Waals surface area contributed by atoms with Crippen LogP contribution in [-0.4, -0.2) is 55.4 Å². The first-order valence-corrected chi connectivity index (χ1v) is 11.9. The van der Waals surface area contributed by atoms with Gasteiger partial charge in [0, 0.05) is 18.2 Å². The summed E-state index contributed by atoms with van der Waals surface area (Å²) >= 11 is 0. The van der Waals surface area contributed by atoms with E-state index in [1.54, 1.807) is 12.1 Å². The summed E-state index contributed by atoms with van der Waals surface area (Å²) in [7, 11) is -3.80. The summed E-state index contributed by atoms with van der Waals surface area (Å²) in [5, 5.41) is 11.7. The second kappa shape index (κ2) is 8.99. The number of hydrogen-bond donors (Lipinski definition) is 2. The lowest BCUT2D eigenvalue weighted by Gasteiger charge is -2.32. The molecule has 11 heteroatoms. The highest BCUT2D eigenvalue weighted by Crippen LogP contribution is 2.38. The highest BCUT2D eigenvalue weighted by Gasteiger charge is 2.32. The van der Waals surface area contributed by atoms with E-state index >= 15 is 0 Å². The van der Waals surface area contributed by atoms with Crippen LogP contribution in [0.5, 0.6) is 0 Å². The van der Waals surface area contributed by atoms with Gasteiger partial charge < -0.3 is 10.2 Å². The quantitative estimate of drug-likeness (QED) is 0.687. The SMILES string of the molecule is CCN1CCC[C@@H](Nc2ccc(-c3c(C)cc(C(F)(F)F)cc3NS(C)(=O)=O)nn2)C1. The van der Waals surface area contributed by atoms with Gasteiger partial charge in [0.2, 0.25) is 10.0 Å². The van der Waals surface area contributed by atoms with Crippen molar-refractivity contribution in [3.63, 3.8) is 0 Å². The lowest BCUT2D eigenvalue weighted by molar-refractivity contribution is -0.137. The molecule has 1 saturated heterocycles. The van der Waals surface area contributed by atoms with Gasteiger partial charge >= 0.3 is 6.18 Å². The lowest BCUT2D eigenvalue weighted by atomic mass is 9.99. The fourth-order valence-corrected chi connectivity index (χ4v) is 4.34. The number of benzene rings is 1. The molecule has 0 unspecified atom stereocenters. The molecule has 1 aliphatic heterocycles. The first-order chi connectivity index (χ1) is 14.5. The minimum absolute atomic E-state index is 0.185. The number of alkyl halides is 3. The van der Waals surface area contributed by atoms with Gasteiger partial charge in [-0.05, 0) is 62.7 Å². The average Bonchev–Trinajstić information content (AvgIpc) is 2.67. The van der Waals surface area contributed by atoms with Gasteiger partial charge in [-0.3, -0.25) is 4.72 Å². The number of nitrogens with one attached hydrogen (secondary N) is 2. The van der Waals surface area contributed by atoms with Crippen molar-refractivity contribution in [1.82, 2.24) is 15.1 Å². The predicted molar refractivity (Wildman–Crippen MR) is 114 cm³/mol. The number of nitrogens with zero attached hydrogens (tertiary/aromatic N) is 3. The van der Waals surface area contributed by atoms with Gasteiger partial charge in [0.1, 0.15) is 5.82 Å². The Balaban J connectivity index is 1.91. The lowest BCUT2D eigenvalue weighted by Crippen LogP contribution is -2.42. The maximum atomic E-state index is 13.2. The first kappa shape index (κ1) is 23.3. The van der Waals surface area contributed by atoms with Crippen LogP contribution in [0.3, 0.4) is 0 Å². The van der Waals surface area contributed by atoms with E-state index in [2.05, 4.69) is 32.1 Å². The molecule has 2 heterocycles. The molecule has 7 nitrogen and oxygen atoms in total. The Labute approximate surface area is 180 Å². The minimum Gasteiger partial charge on any atom is -0.365 e. The molecule has 1 fully saturated rings. The van der Waals surface area contributed by atoms with Gasteiger partial charge in [-0.25, -0.2) is 8.42 Å². The molecule has 170 valence electrons. The van der Waals surface area contributed by atoms with Gasteiger partial charge in [-0.2, -0.15) is 13.2 Å². The first-order valence-electron chi connectivity index (χ1n) is 9.99. The maximum absolute atomic E-state index is 13.2. The van der Waals surface area contributed by atoms with E-state index in [1.165, 1.54) is 6.92 Å². The van der Waals surface area contributed by atoms with E-state index in [-0.39, 0.29) is 28.6 Å². The molecule has 2 aromatic rings. The summed E-state index contributed by atoms with van der Waals surface area (Å²) in [6.07, 6.45) is -1.62. The molecule has 0 aliphatic carbocycles. The fraction of sp³-hybridized carbons (Fsp3) is 0.500. The smallest absolute Gasteiger partial charge is 0.365 e. The summed E-state index contributed by atoms with van der Waals surface area (Å²) in [6.45, 7) is 6.55. The molecule has 2 N–H and O–H groups in total. The van der Waals surface area contributed by atoms with Crippen molar-refractivity contribution in [2.45, 2.75) is 38.9 Å². The molecule has 1 aliphatic rings. The van der Waals surface area contributed by atoms with Crippen LogP contribution < -0.4 is 10.0 Å².